The minimum atomic E-state index is -0.397. The van der Waals surface area contributed by atoms with Crippen LogP contribution in [0.1, 0.15) is 36.7 Å². The SMILES string of the molecule is Cc1c(NCC(C)(C)C)cccc1C(=O)N1CC(=O)NCC12COC2. The number of hydrogen-bond donors (Lipinski definition) is 2. The lowest BCUT2D eigenvalue weighted by molar-refractivity contribution is -0.152. The summed E-state index contributed by atoms with van der Waals surface area (Å²) in [5, 5.41) is 6.28. The van der Waals surface area contributed by atoms with Crippen LogP contribution in [-0.4, -0.2) is 55.1 Å². The van der Waals surface area contributed by atoms with E-state index < -0.39 is 5.54 Å². The maximum absolute atomic E-state index is 13.2. The van der Waals surface area contributed by atoms with Gasteiger partial charge in [0.05, 0.1) is 13.2 Å². The maximum Gasteiger partial charge on any atom is 0.255 e. The molecule has 2 fully saturated rings. The average Bonchev–Trinajstić information content (AvgIpc) is 2.51. The van der Waals surface area contributed by atoms with Gasteiger partial charge in [-0.25, -0.2) is 0 Å². The molecule has 2 amide bonds. The van der Waals surface area contributed by atoms with Crippen LogP contribution >= 0.6 is 0 Å². The Kier molecular flexibility index (Phi) is 4.49. The van der Waals surface area contributed by atoms with Gasteiger partial charge < -0.3 is 20.3 Å². The van der Waals surface area contributed by atoms with E-state index in [4.69, 9.17) is 4.74 Å². The monoisotopic (exact) mass is 345 g/mol. The molecule has 0 aromatic heterocycles. The van der Waals surface area contributed by atoms with Crippen molar-refractivity contribution in [3.05, 3.63) is 29.3 Å². The summed E-state index contributed by atoms with van der Waals surface area (Å²) >= 11 is 0. The molecule has 6 heteroatoms. The molecule has 3 rings (SSSR count). The van der Waals surface area contributed by atoms with Crippen molar-refractivity contribution in [3.8, 4) is 0 Å². The zero-order chi connectivity index (χ0) is 18.2. The first kappa shape index (κ1) is 17.7. The second-order valence-corrected chi connectivity index (χ2v) is 8.28. The number of benzene rings is 1. The fraction of sp³-hybridized carbons (Fsp3) is 0.579. The number of anilines is 1. The van der Waals surface area contributed by atoms with Crippen LogP contribution in [0.3, 0.4) is 0 Å². The van der Waals surface area contributed by atoms with E-state index in [1.807, 2.05) is 25.1 Å². The van der Waals surface area contributed by atoms with Gasteiger partial charge in [0.25, 0.3) is 5.91 Å². The van der Waals surface area contributed by atoms with Gasteiger partial charge in [0.2, 0.25) is 5.91 Å². The molecular weight excluding hydrogens is 318 g/mol. The van der Waals surface area contributed by atoms with Gasteiger partial charge in [0.1, 0.15) is 12.1 Å². The number of piperazine rings is 1. The topological polar surface area (TPSA) is 70.7 Å². The van der Waals surface area contributed by atoms with Crippen LogP contribution in [-0.2, 0) is 9.53 Å². The fourth-order valence-corrected chi connectivity index (χ4v) is 3.17. The number of nitrogens with one attached hydrogen (secondary N) is 2. The molecule has 2 saturated heterocycles. The summed E-state index contributed by atoms with van der Waals surface area (Å²) in [6.07, 6.45) is 0. The Morgan fingerprint density at radius 2 is 2.08 bits per heavy atom. The lowest BCUT2D eigenvalue weighted by atomic mass is 9.90. The third kappa shape index (κ3) is 3.49. The number of nitrogens with zero attached hydrogens (tertiary/aromatic N) is 1. The number of hydrogen-bond acceptors (Lipinski definition) is 4. The smallest absolute Gasteiger partial charge is 0.255 e. The Morgan fingerprint density at radius 1 is 1.36 bits per heavy atom. The van der Waals surface area contributed by atoms with Gasteiger partial charge in [-0.3, -0.25) is 9.59 Å². The second kappa shape index (κ2) is 6.33. The molecule has 0 unspecified atom stereocenters. The molecule has 0 aliphatic carbocycles. The number of amides is 2. The molecule has 1 spiro atoms. The Labute approximate surface area is 148 Å². The van der Waals surface area contributed by atoms with Crippen LogP contribution in [0.4, 0.5) is 5.69 Å². The average molecular weight is 345 g/mol. The summed E-state index contributed by atoms with van der Waals surface area (Å²) in [5.74, 6) is -0.222. The molecule has 0 saturated carbocycles. The summed E-state index contributed by atoms with van der Waals surface area (Å²) < 4.78 is 5.34. The molecule has 0 bridgehead atoms. The Bertz CT molecular complexity index is 690. The quantitative estimate of drug-likeness (QED) is 0.876. The van der Waals surface area contributed by atoms with Crippen molar-refractivity contribution in [2.24, 2.45) is 5.41 Å². The highest BCUT2D eigenvalue weighted by molar-refractivity contribution is 6.00. The fourth-order valence-electron chi connectivity index (χ4n) is 3.17. The van der Waals surface area contributed by atoms with Gasteiger partial charge in [0.15, 0.2) is 0 Å². The summed E-state index contributed by atoms with van der Waals surface area (Å²) in [5.41, 5.74) is 2.26. The van der Waals surface area contributed by atoms with E-state index >= 15 is 0 Å². The molecule has 0 radical (unpaired) electrons. The van der Waals surface area contributed by atoms with Crippen LogP contribution in [0.15, 0.2) is 18.2 Å². The third-order valence-corrected chi connectivity index (χ3v) is 4.85. The van der Waals surface area contributed by atoms with Crippen LogP contribution in [0.5, 0.6) is 0 Å². The third-order valence-electron chi connectivity index (χ3n) is 4.85. The van der Waals surface area contributed by atoms with E-state index in [2.05, 4.69) is 31.4 Å². The highest BCUT2D eigenvalue weighted by atomic mass is 16.5. The first-order chi connectivity index (χ1) is 11.7. The molecule has 2 aliphatic rings. The lowest BCUT2D eigenvalue weighted by Gasteiger charge is -2.51. The number of ether oxygens (including phenoxy) is 1. The Hall–Kier alpha value is -2.08. The summed E-state index contributed by atoms with van der Waals surface area (Å²) in [6.45, 7) is 10.7. The van der Waals surface area contributed by atoms with E-state index in [9.17, 15) is 9.59 Å². The van der Waals surface area contributed by atoms with Crippen molar-refractivity contribution in [3.63, 3.8) is 0 Å². The van der Waals surface area contributed by atoms with Gasteiger partial charge in [0, 0.05) is 24.3 Å². The molecule has 6 nitrogen and oxygen atoms in total. The molecule has 2 heterocycles. The van der Waals surface area contributed by atoms with Crippen molar-refractivity contribution in [1.29, 1.82) is 0 Å². The molecule has 136 valence electrons. The standard InChI is InChI=1S/C19H27N3O3/c1-13-14(6-5-7-15(13)20-9-18(2,3)4)17(24)22-8-16(23)21-10-19(22)11-25-12-19/h5-7,20H,8-12H2,1-4H3,(H,21,23). The van der Waals surface area contributed by atoms with Crippen molar-refractivity contribution in [2.45, 2.75) is 33.2 Å². The zero-order valence-corrected chi connectivity index (χ0v) is 15.4. The highest BCUT2D eigenvalue weighted by Gasteiger charge is 2.50. The van der Waals surface area contributed by atoms with E-state index in [0.29, 0.717) is 25.3 Å². The largest absolute Gasteiger partial charge is 0.384 e. The zero-order valence-electron chi connectivity index (χ0n) is 15.4. The minimum absolute atomic E-state index is 0.0846. The van der Waals surface area contributed by atoms with Gasteiger partial charge in [-0.15, -0.1) is 0 Å². The van der Waals surface area contributed by atoms with Gasteiger partial charge in [-0.05, 0) is 30.0 Å². The van der Waals surface area contributed by atoms with Crippen molar-refractivity contribution in [1.82, 2.24) is 10.2 Å². The maximum atomic E-state index is 13.2. The van der Waals surface area contributed by atoms with E-state index in [-0.39, 0.29) is 23.8 Å². The molecule has 25 heavy (non-hydrogen) atoms. The first-order valence-corrected chi connectivity index (χ1v) is 8.72. The Balaban J connectivity index is 1.85. The lowest BCUT2D eigenvalue weighted by Crippen LogP contribution is -2.73. The molecule has 1 aromatic carbocycles. The Morgan fingerprint density at radius 3 is 2.68 bits per heavy atom. The number of carbonyl (C=O) groups is 2. The van der Waals surface area contributed by atoms with Crippen molar-refractivity contribution >= 4 is 17.5 Å². The van der Waals surface area contributed by atoms with E-state index in [1.165, 1.54) is 0 Å². The number of rotatable bonds is 3. The van der Waals surface area contributed by atoms with Crippen molar-refractivity contribution in [2.75, 3.05) is 38.2 Å². The highest BCUT2D eigenvalue weighted by Crippen LogP contribution is 2.30. The summed E-state index contributed by atoms with van der Waals surface area (Å²) in [6, 6.07) is 5.71. The van der Waals surface area contributed by atoms with Crippen LogP contribution < -0.4 is 10.6 Å². The van der Waals surface area contributed by atoms with Gasteiger partial charge >= 0.3 is 0 Å². The summed E-state index contributed by atoms with van der Waals surface area (Å²) in [4.78, 5) is 26.7. The van der Waals surface area contributed by atoms with Crippen LogP contribution in [0, 0.1) is 12.3 Å². The molecule has 2 N–H and O–H groups in total. The van der Waals surface area contributed by atoms with Gasteiger partial charge in [-0.1, -0.05) is 26.8 Å². The van der Waals surface area contributed by atoms with E-state index in [1.54, 1.807) is 4.90 Å². The predicted molar refractivity (Wildman–Crippen MR) is 96.7 cm³/mol. The molecule has 0 atom stereocenters. The van der Waals surface area contributed by atoms with Crippen LogP contribution in [0.25, 0.3) is 0 Å². The first-order valence-electron chi connectivity index (χ1n) is 8.72. The van der Waals surface area contributed by atoms with Gasteiger partial charge in [-0.2, -0.15) is 0 Å². The normalized spacial score (nSPS) is 19.4. The van der Waals surface area contributed by atoms with Crippen molar-refractivity contribution < 1.29 is 14.3 Å². The molecular formula is C19H27N3O3. The number of carbonyl (C=O) groups excluding carboxylic acids is 2. The molecule has 1 aromatic rings. The van der Waals surface area contributed by atoms with Crippen LogP contribution in [0.2, 0.25) is 0 Å². The second-order valence-electron chi connectivity index (χ2n) is 8.28. The minimum Gasteiger partial charge on any atom is -0.384 e. The summed E-state index contributed by atoms with van der Waals surface area (Å²) in [7, 11) is 0. The van der Waals surface area contributed by atoms with E-state index in [0.717, 1.165) is 17.8 Å². The molecule has 2 aliphatic heterocycles. The predicted octanol–water partition coefficient (Wildman–Crippen LogP) is 1.79.